The summed E-state index contributed by atoms with van der Waals surface area (Å²) in [5, 5.41) is -0.117. The summed E-state index contributed by atoms with van der Waals surface area (Å²) in [4.78, 5) is 2.23. The molecule has 0 saturated heterocycles. The van der Waals surface area contributed by atoms with Gasteiger partial charge in [-0.05, 0) is 17.7 Å². The summed E-state index contributed by atoms with van der Waals surface area (Å²) in [6, 6.07) is 5.84. The van der Waals surface area contributed by atoms with E-state index in [1.807, 2.05) is 18.2 Å². The molecule has 5 nitrogen and oxygen atoms in total. The van der Waals surface area contributed by atoms with E-state index >= 15 is 0 Å². The number of hydrogen-bond donors (Lipinski definition) is 0. The Morgan fingerprint density at radius 2 is 1.81 bits per heavy atom. The Hall–Kier alpha value is -1.01. The molecule has 0 N–H and O–H groups in total. The molecule has 0 amide bonds. The highest BCUT2D eigenvalue weighted by molar-refractivity contribution is 6.21. The van der Waals surface area contributed by atoms with Crippen LogP contribution < -0.4 is 9.47 Å². The first-order valence-corrected chi connectivity index (χ1v) is 7.42. The summed E-state index contributed by atoms with van der Waals surface area (Å²) in [5.74, 6) is 1.54. The Balaban J connectivity index is 1.95. The van der Waals surface area contributed by atoms with E-state index in [0.717, 1.165) is 36.7 Å². The largest absolute Gasteiger partial charge is 0.454 e. The summed E-state index contributed by atoms with van der Waals surface area (Å²) < 4.78 is 21.0. The third-order valence-electron chi connectivity index (χ3n) is 3.40. The van der Waals surface area contributed by atoms with Crippen molar-refractivity contribution in [3.05, 3.63) is 23.8 Å². The van der Waals surface area contributed by atoms with Crippen LogP contribution in [-0.2, 0) is 9.47 Å². The van der Waals surface area contributed by atoms with E-state index in [0.29, 0.717) is 13.2 Å². The van der Waals surface area contributed by atoms with E-state index in [9.17, 15) is 0 Å². The monoisotopic (exact) mass is 315 g/mol. The normalized spacial score (nSPS) is 14.7. The maximum Gasteiger partial charge on any atom is 0.231 e. The van der Waals surface area contributed by atoms with E-state index in [1.165, 1.54) is 0 Å². The van der Waals surface area contributed by atoms with Gasteiger partial charge in [-0.25, -0.2) is 0 Å². The Morgan fingerprint density at radius 1 is 1.14 bits per heavy atom. The molecule has 2 rings (SSSR count). The van der Waals surface area contributed by atoms with Gasteiger partial charge in [-0.1, -0.05) is 6.07 Å². The second-order valence-corrected chi connectivity index (χ2v) is 5.39. The number of ether oxygens (including phenoxy) is 4. The van der Waals surface area contributed by atoms with Crippen molar-refractivity contribution in [1.29, 1.82) is 0 Å². The second-order valence-electron chi connectivity index (χ2n) is 4.87. The van der Waals surface area contributed by atoms with Gasteiger partial charge < -0.3 is 18.9 Å². The molecule has 0 fully saturated rings. The first kappa shape index (κ1) is 16.4. The molecule has 1 heterocycles. The molecule has 0 bridgehead atoms. The highest BCUT2D eigenvalue weighted by atomic mass is 35.5. The fraction of sp³-hybridized carbons (Fsp3) is 0.600. The molecule has 0 spiro atoms. The van der Waals surface area contributed by atoms with Crippen LogP contribution in [0.25, 0.3) is 0 Å². The van der Waals surface area contributed by atoms with Crippen molar-refractivity contribution in [3.63, 3.8) is 0 Å². The van der Waals surface area contributed by atoms with Crippen LogP contribution in [-0.4, -0.2) is 58.8 Å². The summed E-state index contributed by atoms with van der Waals surface area (Å²) in [5.41, 5.74) is 1.03. The summed E-state index contributed by atoms with van der Waals surface area (Å²) >= 11 is 6.54. The summed E-state index contributed by atoms with van der Waals surface area (Å²) in [7, 11) is 3.40. The van der Waals surface area contributed by atoms with Crippen molar-refractivity contribution < 1.29 is 18.9 Å². The van der Waals surface area contributed by atoms with Gasteiger partial charge in [-0.15, -0.1) is 11.6 Å². The lowest BCUT2D eigenvalue weighted by atomic mass is 10.1. The highest BCUT2D eigenvalue weighted by Crippen LogP contribution is 2.35. The first-order valence-electron chi connectivity index (χ1n) is 6.98. The van der Waals surface area contributed by atoms with Crippen molar-refractivity contribution in [1.82, 2.24) is 4.90 Å². The van der Waals surface area contributed by atoms with Gasteiger partial charge in [-0.2, -0.15) is 0 Å². The van der Waals surface area contributed by atoms with Gasteiger partial charge in [0.05, 0.1) is 18.6 Å². The number of halogens is 1. The molecular weight excluding hydrogens is 294 g/mol. The van der Waals surface area contributed by atoms with E-state index < -0.39 is 0 Å². The molecular formula is C15H22ClNO4. The number of methoxy groups -OCH3 is 2. The Bertz CT molecular complexity index is 436. The van der Waals surface area contributed by atoms with Crippen LogP contribution >= 0.6 is 11.6 Å². The molecule has 21 heavy (non-hydrogen) atoms. The lowest BCUT2D eigenvalue weighted by Crippen LogP contribution is -2.33. The second kappa shape index (κ2) is 8.44. The van der Waals surface area contributed by atoms with Crippen molar-refractivity contribution in [2.75, 3.05) is 53.9 Å². The van der Waals surface area contributed by atoms with Crippen molar-refractivity contribution in [3.8, 4) is 11.5 Å². The molecule has 1 atom stereocenters. The summed E-state index contributed by atoms with van der Waals surface area (Å²) in [6.45, 7) is 4.01. The molecule has 0 aromatic heterocycles. The molecule has 1 aromatic rings. The maximum absolute atomic E-state index is 6.54. The predicted octanol–water partition coefficient (Wildman–Crippen LogP) is 2.29. The fourth-order valence-corrected chi connectivity index (χ4v) is 2.51. The Labute approximate surface area is 130 Å². The van der Waals surface area contributed by atoms with E-state index in [-0.39, 0.29) is 12.2 Å². The fourth-order valence-electron chi connectivity index (χ4n) is 2.18. The standard InChI is InChI=1S/C15H22ClNO4/c1-18-7-5-17(6-8-19-2)10-13(16)12-3-4-14-15(9-12)21-11-20-14/h3-4,9,13H,5-8,10-11H2,1-2H3. The quantitative estimate of drug-likeness (QED) is 0.654. The average molecular weight is 316 g/mol. The van der Waals surface area contributed by atoms with Gasteiger partial charge >= 0.3 is 0 Å². The smallest absolute Gasteiger partial charge is 0.231 e. The number of benzene rings is 1. The Morgan fingerprint density at radius 3 is 2.48 bits per heavy atom. The van der Waals surface area contributed by atoms with Crippen molar-refractivity contribution in [2.24, 2.45) is 0 Å². The van der Waals surface area contributed by atoms with Gasteiger partial charge in [0, 0.05) is 33.9 Å². The van der Waals surface area contributed by atoms with Gasteiger partial charge in [0.15, 0.2) is 11.5 Å². The minimum absolute atomic E-state index is 0.117. The third kappa shape index (κ3) is 4.74. The number of fused-ring (bicyclic) bond motifs is 1. The predicted molar refractivity (Wildman–Crippen MR) is 81.4 cm³/mol. The molecule has 0 aliphatic carbocycles. The molecule has 6 heteroatoms. The number of rotatable bonds is 9. The number of hydrogen-bond acceptors (Lipinski definition) is 5. The van der Waals surface area contributed by atoms with Crippen LogP contribution in [0.2, 0.25) is 0 Å². The topological polar surface area (TPSA) is 40.2 Å². The minimum Gasteiger partial charge on any atom is -0.454 e. The van der Waals surface area contributed by atoms with E-state index in [4.69, 9.17) is 30.5 Å². The van der Waals surface area contributed by atoms with Gasteiger partial charge in [0.1, 0.15) is 0 Å². The SMILES string of the molecule is COCCN(CCOC)CC(Cl)c1ccc2c(c1)OCO2. The third-order valence-corrected chi connectivity index (χ3v) is 3.79. The highest BCUT2D eigenvalue weighted by Gasteiger charge is 2.18. The van der Waals surface area contributed by atoms with Crippen LogP contribution in [0.4, 0.5) is 0 Å². The van der Waals surface area contributed by atoms with Crippen LogP contribution in [0.1, 0.15) is 10.9 Å². The van der Waals surface area contributed by atoms with Gasteiger partial charge in [0.2, 0.25) is 6.79 Å². The van der Waals surface area contributed by atoms with Crippen LogP contribution in [0.15, 0.2) is 18.2 Å². The zero-order chi connectivity index (χ0) is 15.1. The molecule has 1 unspecified atom stereocenters. The lowest BCUT2D eigenvalue weighted by Gasteiger charge is -2.24. The molecule has 1 aromatic carbocycles. The van der Waals surface area contributed by atoms with Crippen LogP contribution in [0, 0.1) is 0 Å². The van der Waals surface area contributed by atoms with Gasteiger partial charge in [0.25, 0.3) is 0 Å². The Kier molecular flexibility index (Phi) is 6.57. The van der Waals surface area contributed by atoms with Crippen molar-refractivity contribution >= 4 is 11.6 Å². The minimum atomic E-state index is -0.117. The molecule has 1 aliphatic heterocycles. The molecule has 0 radical (unpaired) electrons. The van der Waals surface area contributed by atoms with Gasteiger partial charge in [-0.3, -0.25) is 4.90 Å². The van der Waals surface area contributed by atoms with E-state index in [1.54, 1.807) is 14.2 Å². The van der Waals surface area contributed by atoms with Crippen LogP contribution in [0.3, 0.4) is 0 Å². The maximum atomic E-state index is 6.54. The van der Waals surface area contributed by atoms with Crippen LogP contribution in [0.5, 0.6) is 11.5 Å². The number of nitrogens with zero attached hydrogens (tertiary/aromatic N) is 1. The van der Waals surface area contributed by atoms with E-state index in [2.05, 4.69) is 4.90 Å². The number of alkyl halides is 1. The molecule has 0 saturated carbocycles. The lowest BCUT2D eigenvalue weighted by molar-refractivity contribution is 0.114. The average Bonchev–Trinajstić information content (AvgIpc) is 2.97. The molecule has 1 aliphatic rings. The zero-order valence-electron chi connectivity index (χ0n) is 12.5. The summed E-state index contributed by atoms with van der Waals surface area (Å²) in [6.07, 6.45) is 0. The zero-order valence-corrected chi connectivity index (χ0v) is 13.3. The first-order chi connectivity index (χ1) is 10.2. The molecule has 118 valence electrons. The van der Waals surface area contributed by atoms with Crippen molar-refractivity contribution in [2.45, 2.75) is 5.38 Å².